The molecule has 0 N–H and O–H groups in total. The van der Waals surface area contributed by atoms with Crippen LogP contribution in [0.5, 0.6) is 0 Å². The molecular formula is C17H11FN8. The molecule has 0 unspecified atom stereocenters. The van der Waals surface area contributed by atoms with E-state index in [1.165, 1.54) is 12.1 Å². The van der Waals surface area contributed by atoms with Gasteiger partial charge in [0.25, 0.3) is 0 Å². The minimum atomic E-state index is -0.340. The lowest BCUT2D eigenvalue weighted by Gasteiger charge is -2.05. The van der Waals surface area contributed by atoms with Crippen molar-refractivity contribution in [1.82, 2.24) is 39.0 Å². The van der Waals surface area contributed by atoms with E-state index in [0.29, 0.717) is 34.7 Å². The zero-order valence-corrected chi connectivity index (χ0v) is 13.4. The van der Waals surface area contributed by atoms with E-state index < -0.39 is 0 Å². The van der Waals surface area contributed by atoms with Gasteiger partial charge in [-0.05, 0) is 12.1 Å². The van der Waals surface area contributed by atoms with Crippen LogP contribution < -0.4 is 0 Å². The van der Waals surface area contributed by atoms with Crippen LogP contribution in [0.25, 0.3) is 28.1 Å². The van der Waals surface area contributed by atoms with Crippen molar-refractivity contribution >= 4 is 22.2 Å². The summed E-state index contributed by atoms with van der Waals surface area (Å²) in [7, 11) is 0. The second-order valence-corrected chi connectivity index (χ2v) is 5.70. The molecule has 26 heavy (non-hydrogen) atoms. The maximum atomic E-state index is 13.6. The van der Waals surface area contributed by atoms with Gasteiger partial charge in [-0.2, -0.15) is 4.98 Å². The average molecular weight is 346 g/mol. The Morgan fingerprint density at radius 3 is 2.73 bits per heavy atom. The lowest BCUT2D eigenvalue weighted by atomic mass is 10.3. The third-order valence-corrected chi connectivity index (χ3v) is 4.02. The summed E-state index contributed by atoms with van der Waals surface area (Å²) in [5.41, 5.74) is 3.38. The van der Waals surface area contributed by atoms with Crippen LogP contribution in [0.4, 0.5) is 4.39 Å². The van der Waals surface area contributed by atoms with Gasteiger partial charge in [0.05, 0.1) is 42.0 Å². The molecule has 0 aliphatic rings. The second kappa shape index (κ2) is 5.66. The van der Waals surface area contributed by atoms with Crippen molar-refractivity contribution in [2.75, 3.05) is 0 Å². The van der Waals surface area contributed by atoms with E-state index in [0.717, 1.165) is 5.69 Å². The van der Waals surface area contributed by atoms with Gasteiger partial charge in [-0.25, -0.2) is 19.3 Å². The van der Waals surface area contributed by atoms with Crippen LogP contribution >= 0.6 is 0 Å². The van der Waals surface area contributed by atoms with Crippen molar-refractivity contribution < 1.29 is 4.39 Å². The van der Waals surface area contributed by atoms with E-state index in [4.69, 9.17) is 0 Å². The molecule has 4 heterocycles. The van der Waals surface area contributed by atoms with Gasteiger partial charge in [0.15, 0.2) is 5.65 Å². The van der Waals surface area contributed by atoms with Crippen LogP contribution in [0.1, 0.15) is 5.69 Å². The van der Waals surface area contributed by atoms with Crippen LogP contribution in [0, 0.1) is 5.82 Å². The van der Waals surface area contributed by atoms with Gasteiger partial charge < -0.3 is 4.57 Å². The molecule has 0 amide bonds. The van der Waals surface area contributed by atoms with Gasteiger partial charge in [-0.3, -0.25) is 14.5 Å². The standard InChI is InChI=1S/C17H11FN8/c18-11-1-2-13-15(5-11)26(10-23-13)17-21-7-14-16(24-17)25(9-22-14)8-12-6-19-3-4-20-12/h1-7,9-10H,8H2. The Balaban J connectivity index is 1.63. The first-order valence-corrected chi connectivity index (χ1v) is 7.84. The summed E-state index contributed by atoms with van der Waals surface area (Å²) < 4.78 is 17.1. The topological polar surface area (TPSA) is 87.2 Å². The summed E-state index contributed by atoms with van der Waals surface area (Å²) >= 11 is 0. The monoisotopic (exact) mass is 346 g/mol. The Morgan fingerprint density at radius 2 is 1.85 bits per heavy atom. The molecule has 126 valence electrons. The van der Waals surface area contributed by atoms with E-state index in [9.17, 15) is 4.39 Å². The number of halogens is 1. The van der Waals surface area contributed by atoms with Crippen LogP contribution in [0.15, 0.2) is 55.6 Å². The van der Waals surface area contributed by atoms with E-state index in [1.807, 2.05) is 4.57 Å². The summed E-state index contributed by atoms with van der Waals surface area (Å²) in [5, 5.41) is 0. The first-order chi connectivity index (χ1) is 12.8. The molecule has 0 atom stereocenters. The van der Waals surface area contributed by atoms with Crippen LogP contribution in [0.2, 0.25) is 0 Å². The van der Waals surface area contributed by atoms with Crippen molar-refractivity contribution in [3.63, 3.8) is 0 Å². The van der Waals surface area contributed by atoms with E-state index in [2.05, 4.69) is 29.9 Å². The van der Waals surface area contributed by atoms with Gasteiger partial charge >= 0.3 is 0 Å². The molecule has 5 rings (SSSR count). The maximum Gasteiger partial charge on any atom is 0.237 e. The molecule has 1 aromatic carbocycles. The molecular weight excluding hydrogens is 335 g/mol. The number of hydrogen-bond donors (Lipinski definition) is 0. The number of benzene rings is 1. The Labute approximate surface area is 146 Å². The Morgan fingerprint density at radius 1 is 0.923 bits per heavy atom. The van der Waals surface area contributed by atoms with Gasteiger partial charge in [0, 0.05) is 18.5 Å². The fourth-order valence-corrected chi connectivity index (χ4v) is 2.80. The first-order valence-electron chi connectivity index (χ1n) is 7.84. The third kappa shape index (κ3) is 2.37. The smallest absolute Gasteiger partial charge is 0.237 e. The molecule has 0 fully saturated rings. The highest BCUT2D eigenvalue weighted by Gasteiger charge is 2.12. The van der Waals surface area contributed by atoms with Crippen molar-refractivity contribution in [3.05, 3.63) is 67.2 Å². The minimum absolute atomic E-state index is 0.340. The third-order valence-electron chi connectivity index (χ3n) is 4.02. The number of nitrogens with zero attached hydrogens (tertiary/aromatic N) is 8. The molecule has 8 nitrogen and oxygen atoms in total. The highest BCUT2D eigenvalue weighted by molar-refractivity contribution is 5.77. The zero-order chi connectivity index (χ0) is 17.5. The summed E-state index contributed by atoms with van der Waals surface area (Å²) in [6.45, 7) is 0.486. The van der Waals surface area contributed by atoms with Gasteiger partial charge in [0.1, 0.15) is 17.7 Å². The lowest BCUT2D eigenvalue weighted by molar-refractivity contribution is 0.629. The minimum Gasteiger partial charge on any atom is -0.309 e. The number of rotatable bonds is 3. The molecule has 5 aromatic rings. The SMILES string of the molecule is Fc1ccc2ncn(-c3ncc4ncn(Cc5cnccn5)c4n3)c2c1. The van der Waals surface area contributed by atoms with Crippen LogP contribution in [0.3, 0.4) is 0 Å². The van der Waals surface area contributed by atoms with E-state index in [1.54, 1.807) is 48.1 Å². The predicted molar refractivity (Wildman–Crippen MR) is 91.0 cm³/mol. The van der Waals surface area contributed by atoms with Crippen LogP contribution in [-0.2, 0) is 6.54 Å². The summed E-state index contributed by atoms with van der Waals surface area (Å²) in [6, 6.07) is 4.41. The molecule has 0 spiro atoms. The van der Waals surface area contributed by atoms with E-state index in [-0.39, 0.29) is 5.82 Å². The number of fused-ring (bicyclic) bond motifs is 2. The fraction of sp³-hybridized carbons (Fsp3) is 0.0588. The first kappa shape index (κ1) is 14.6. The molecule has 0 aliphatic heterocycles. The quantitative estimate of drug-likeness (QED) is 0.497. The fourth-order valence-electron chi connectivity index (χ4n) is 2.80. The predicted octanol–water partition coefficient (Wildman–Crippen LogP) is 2.14. The summed E-state index contributed by atoms with van der Waals surface area (Å²) in [5.74, 6) is 0.0551. The van der Waals surface area contributed by atoms with Crippen molar-refractivity contribution in [1.29, 1.82) is 0 Å². The normalized spacial score (nSPS) is 11.4. The average Bonchev–Trinajstić information content (AvgIpc) is 3.26. The Bertz CT molecular complexity index is 1230. The number of imidazole rings is 2. The molecule has 0 saturated carbocycles. The van der Waals surface area contributed by atoms with Gasteiger partial charge in [0.2, 0.25) is 5.95 Å². The molecule has 9 heteroatoms. The molecule has 0 aliphatic carbocycles. The number of aromatic nitrogens is 8. The second-order valence-electron chi connectivity index (χ2n) is 5.70. The maximum absolute atomic E-state index is 13.6. The van der Waals surface area contributed by atoms with E-state index >= 15 is 0 Å². The molecule has 0 bridgehead atoms. The summed E-state index contributed by atoms with van der Waals surface area (Å²) in [6.07, 6.45) is 9.86. The van der Waals surface area contributed by atoms with Crippen molar-refractivity contribution in [2.24, 2.45) is 0 Å². The Hall–Kier alpha value is -3.75. The largest absolute Gasteiger partial charge is 0.309 e. The highest BCUT2D eigenvalue weighted by atomic mass is 19.1. The number of hydrogen-bond acceptors (Lipinski definition) is 6. The highest BCUT2D eigenvalue weighted by Crippen LogP contribution is 2.19. The van der Waals surface area contributed by atoms with Gasteiger partial charge in [-0.1, -0.05) is 0 Å². The van der Waals surface area contributed by atoms with Crippen molar-refractivity contribution in [2.45, 2.75) is 6.54 Å². The molecule has 0 radical (unpaired) electrons. The molecule has 4 aromatic heterocycles. The lowest BCUT2D eigenvalue weighted by Crippen LogP contribution is -2.05. The Kier molecular flexibility index (Phi) is 3.17. The summed E-state index contributed by atoms with van der Waals surface area (Å²) in [4.78, 5) is 25.9. The molecule has 0 saturated heterocycles. The van der Waals surface area contributed by atoms with Gasteiger partial charge in [-0.15, -0.1) is 0 Å². The van der Waals surface area contributed by atoms with Crippen molar-refractivity contribution in [3.8, 4) is 5.95 Å². The van der Waals surface area contributed by atoms with Crippen LogP contribution in [-0.4, -0.2) is 39.0 Å². The zero-order valence-electron chi connectivity index (χ0n) is 13.4.